The average molecular weight is 529 g/mol. The van der Waals surface area contributed by atoms with Crippen molar-refractivity contribution in [3.8, 4) is 23.0 Å². The molecule has 0 spiro atoms. The molecule has 3 aromatic carbocycles. The molecular weight excluding hydrogens is 488 g/mol. The van der Waals surface area contributed by atoms with Crippen LogP contribution in [-0.2, 0) is 0 Å². The Balaban J connectivity index is 0.00000169. The fourth-order valence-corrected chi connectivity index (χ4v) is 5.49. The number of piperidine rings is 1. The molecule has 0 amide bonds. The van der Waals surface area contributed by atoms with Crippen LogP contribution in [0.1, 0.15) is 38.6 Å². The van der Waals surface area contributed by atoms with Gasteiger partial charge in [0, 0.05) is 12.9 Å². The first kappa shape index (κ1) is 28.8. The van der Waals surface area contributed by atoms with Crippen LogP contribution in [0.3, 0.4) is 0 Å². The molecule has 1 unspecified atom stereocenters. The summed E-state index contributed by atoms with van der Waals surface area (Å²) in [7, 11) is 2.23. The van der Waals surface area contributed by atoms with Gasteiger partial charge in [-0.25, -0.2) is 0 Å². The number of hydrogen-bond acceptors (Lipinski definition) is 6. The Hall–Kier alpha value is -2.75. The van der Waals surface area contributed by atoms with Gasteiger partial charge in [-0.15, -0.1) is 0 Å². The minimum absolute atomic E-state index is 0. The van der Waals surface area contributed by atoms with Crippen molar-refractivity contribution in [3.63, 3.8) is 0 Å². The van der Waals surface area contributed by atoms with Crippen LogP contribution >= 0.6 is 11.9 Å². The predicted molar refractivity (Wildman–Crippen MR) is 151 cm³/mol. The summed E-state index contributed by atoms with van der Waals surface area (Å²) in [5, 5.41) is 0. The summed E-state index contributed by atoms with van der Waals surface area (Å²) in [6.07, 6.45) is 5.06. The number of hydrogen-bond donors (Lipinski definition) is 1. The van der Waals surface area contributed by atoms with E-state index in [0.717, 1.165) is 35.5 Å². The van der Waals surface area contributed by atoms with E-state index in [9.17, 15) is 0 Å². The van der Waals surface area contributed by atoms with E-state index >= 15 is 0 Å². The number of rotatable bonds is 10. The summed E-state index contributed by atoms with van der Waals surface area (Å²) in [6.45, 7) is 3.66. The SMILES string of the molecule is CN1CCC(CCC(CNSc2ccc(Oc3ccccc3)cc2)c2ccc3c(c2)OCO3)CC1.O.O.[HH]. The van der Waals surface area contributed by atoms with Crippen molar-refractivity contribution in [1.29, 1.82) is 0 Å². The van der Waals surface area contributed by atoms with Crippen molar-refractivity contribution in [2.45, 2.75) is 36.5 Å². The Bertz CT molecular complexity index is 1080. The smallest absolute Gasteiger partial charge is 0.231 e. The first-order valence-corrected chi connectivity index (χ1v) is 13.4. The molecular formula is C29H40N2O5S. The second-order valence-corrected chi connectivity index (χ2v) is 10.4. The van der Waals surface area contributed by atoms with Crippen LogP contribution in [0, 0.1) is 5.92 Å². The number of fused-ring (bicyclic) bond motifs is 1. The molecule has 1 fully saturated rings. The second-order valence-electron chi connectivity index (χ2n) is 9.47. The van der Waals surface area contributed by atoms with Gasteiger partial charge in [0.1, 0.15) is 11.5 Å². The van der Waals surface area contributed by atoms with Gasteiger partial charge in [0.25, 0.3) is 0 Å². The normalized spacial score (nSPS) is 15.9. The van der Waals surface area contributed by atoms with E-state index in [4.69, 9.17) is 14.2 Å². The molecule has 1 saturated heterocycles. The first-order valence-electron chi connectivity index (χ1n) is 12.5. The standard InChI is InChI=1S/C29H34N2O3S.2H2O.H2/c1-31-17-15-22(16-18-31)7-8-24(23-9-14-28-29(19-23)33-21-32-28)20-30-35-27-12-10-26(11-13-27)34-25-5-3-2-4-6-25;;;/h2-6,9-14,19,22,24,30H,7-8,15-18,20-21H2,1H3;2*1H2;1H. The fourth-order valence-electron chi connectivity index (χ4n) is 4.77. The maximum absolute atomic E-state index is 5.91. The Kier molecular flexibility index (Phi) is 11.1. The molecule has 0 bridgehead atoms. The lowest BCUT2D eigenvalue weighted by atomic mass is 9.86. The van der Waals surface area contributed by atoms with E-state index in [1.165, 1.54) is 49.2 Å². The summed E-state index contributed by atoms with van der Waals surface area (Å²) >= 11 is 1.68. The highest BCUT2D eigenvalue weighted by Gasteiger charge is 2.21. The highest BCUT2D eigenvalue weighted by atomic mass is 32.2. The van der Waals surface area contributed by atoms with E-state index < -0.39 is 0 Å². The van der Waals surface area contributed by atoms with Crippen LogP contribution in [0.5, 0.6) is 23.0 Å². The second kappa shape index (κ2) is 14.3. The van der Waals surface area contributed by atoms with Crippen LogP contribution in [0.25, 0.3) is 0 Å². The molecule has 0 aromatic heterocycles. The lowest BCUT2D eigenvalue weighted by molar-refractivity contribution is 0.174. The molecule has 2 aliphatic heterocycles. The average Bonchev–Trinajstić information content (AvgIpc) is 3.37. The Morgan fingerprint density at radius 1 is 0.946 bits per heavy atom. The van der Waals surface area contributed by atoms with Gasteiger partial charge < -0.3 is 30.1 Å². The predicted octanol–water partition coefficient (Wildman–Crippen LogP) is 5.31. The van der Waals surface area contributed by atoms with E-state index in [2.05, 4.69) is 47.0 Å². The molecule has 0 saturated carbocycles. The molecule has 5 rings (SSSR count). The van der Waals surface area contributed by atoms with Crippen molar-refractivity contribution in [1.82, 2.24) is 9.62 Å². The molecule has 0 radical (unpaired) electrons. The summed E-state index contributed by atoms with van der Waals surface area (Å²) in [5.74, 6) is 4.67. The monoisotopic (exact) mass is 528 g/mol. The molecule has 2 heterocycles. The van der Waals surface area contributed by atoms with E-state index in [-0.39, 0.29) is 12.4 Å². The number of ether oxygens (including phenoxy) is 3. The molecule has 7 nitrogen and oxygen atoms in total. The third kappa shape index (κ3) is 8.12. The zero-order chi connectivity index (χ0) is 23.9. The topological polar surface area (TPSA) is 106 Å². The van der Waals surface area contributed by atoms with E-state index in [1.807, 2.05) is 42.5 Å². The third-order valence-corrected chi connectivity index (χ3v) is 7.77. The van der Waals surface area contributed by atoms with Gasteiger partial charge in [-0.1, -0.05) is 24.3 Å². The van der Waals surface area contributed by atoms with Gasteiger partial charge >= 0.3 is 0 Å². The maximum Gasteiger partial charge on any atom is 0.231 e. The van der Waals surface area contributed by atoms with Crippen LogP contribution in [0.2, 0.25) is 0 Å². The minimum atomic E-state index is 0. The van der Waals surface area contributed by atoms with Crippen molar-refractivity contribution < 1.29 is 26.6 Å². The summed E-state index contributed by atoms with van der Waals surface area (Å²) in [6, 6.07) is 24.5. The molecule has 202 valence electrons. The summed E-state index contributed by atoms with van der Waals surface area (Å²) < 4.78 is 20.7. The van der Waals surface area contributed by atoms with E-state index in [0.29, 0.717) is 12.7 Å². The van der Waals surface area contributed by atoms with Gasteiger partial charge in [0.2, 0.25) is 6.79 Å². The third-order valence-electron chi connectivity index (χ3n) is 6.95. The fraction of sp³-hybridized carbons (Fsp3) is 0.379. The highest BCUT2D eigenvalue weighted by molar-refractivity contribution is 7.97. The van der Waals surface area contributed by atoms with Crippen LogP contribution in [0.15, 0.2) is 77.7 Å². The van der Waals surface area contributed by atoms with Crippen molar-refractivity contribution in [2.24, 2.45) is 5.92 Å². The number of benzene rings is 3. The lowest BCUT2D eigenvalue weighted by Gasteiger charge is -2.30. The molecule has 8 heteroatoms. The zero-order valence-corrected chi connectivity index (χ0v) is 22.1. The number of para-hydroxylation sites is 1. The molecule has 0 aliphatic carbocycles. The Morgan fingerprint density at radius 2 is 1.65 bits per heavy atom. The molecule has 37 heavy (non-hydrogen) atoms. The van der Waals surface area contributed by atoms with E-state index in [1.54, 1.807) is 11.9 Å². The molecule has 5 N–H and O–H groups in total. The first-order chi connectivity index (χ1) is 17.2. The number of likely N-dealkylation sites (tertiary alicyclic amines) is 1. The summed E-state index contributed by atoms with van der Waals surface area (Å²) in [4.78, 5) is 3.62. The number of nitrogens with one attached hydrogen (secondary N) is 1. The van der Waals surface area contributed by atoms with Crippen molar-refractivity contribution in [3.05, 3.63) is 78.4 Å². The van der Waals surface area contributed by atoms with Crippen LogP contribution in [-0.4, -0.2) is 49.3 Å². The van der Waals surface area contributed by atoms with Gasteiger partial charge in [-0.2, -0.15) is 0 Å². The van der Waals surface area contributed by atoms with Gasteiger partial charge in [0.15, 0.2) is 11.5 Å². The molecule has 1 atom stereocenters. The van der Waals surface area contributed by atoms with Crippen molar-refractivity contribution in [2.75, 3.05) is 33.5 Å². The molecule has 2 aliphatic rings. The zero-order valence-electron chi connectivity index (χ0n) is 21.3. The largest absolute Gasteiger partial charge is 0.457 e. The highest BCUT2D eigenvalue weighted by Crippen LogP contribution is 2.37. The number of nitrogens with zero attached hydrogens (tertiary/aromatic N) is 1. The molecule has 3 aromatic rings. The van der Waals surface area contributed by atoms with Gasteiger partial charge in [0.05, 0.1) is 0 Å². The van der Waals surface area contributed by atoms with Crippen molar-refractivity contribution >= 4 is 11.9 Å². The van der Waals surface area contributed by atoms with Gasteiger partial charge in [-0.05, 0) is 124 Å². The summed E-state index contributed by atoms with van der Waals surface area (Å²) in [5.41, 5.74) is 1.32. The quantitative estimate of drug-likeness (QED) is 0.358. The Morgan fingerprint density at radius 3 is 2.41 bits per heavy atom. The van der Waals surface area contributed by atoms with Crippen LogP contribution < -0.4 is 18.9 Å². The lowest BCUT2D eigenvalue weighted by Crippen LogP contribution is -2.30. The minimum Gasteiger partial charge on any atom is -0.457 e. The van der Waals surface area contributed by atoms with Gasteiger partial charge in [-0.3, -0.25) is 4.72 Å². The Labute approximate surface area is 225 Å². The van der Waals surface area contributed by atoms with Crippen LogP contribution in [0.4, 0.5) is 0 Å². The maximum atomic E-state index is 5.91.